The molecule has 118 valence electrons. The van der Waals surface area contributed by atoms with Crippen LogP contribution in [0.15, 0.2) is 48.5 Å². The van der Waals surface area contributed by atoms with Crippen LogP contribution in [0.3, 0.4) is 0 Å². The summed E-state index contributed by atoms with van der Waals surface area (Å²) in [6, 6.07) is 14.7. The third kappa shape index (κ3) is 3.51. The molecule has 5 heteroatoms. The minimum absolute atomic E-state index is 0.0201. The van der Waals surface area contributed by atoms with Crippen molar-refractivity contribution in [3.05, 3.63) is 59.7 Å². The minimum atomic E-state index is -0.869. The van der Waals surface area contributed by atoms with E-state index < -0.39 is 5.97 Å². The minimum Gasteiger partial charge on any atom is -0.481 e. The van der Waals surface area contributed by atoms with E-state index in [1.165, 1.54) is 5.56 Å². The van der Waals surface area contributed by atoms with Crippen LogP contribution in [0.4, 0.5) is 16.2 Å². The SMILES string of the molecule is O=C(O)Cc1ccc(NC(=O)N2CCCc3ccccc32)cc1. The monoisotopic (exact) mass is 310 g/mol. The molecule has 3 rings (SSSR count). The van der Waals surface area contributed by atoms with Crippen LogP contribution in [0.25, 0.3) is 0 Å². The van der Waals surface area contributed by atoms with Gasteiger partial charge in [-0.05, 0) is 42.2 Å². The van der Waals surface area contributed by atoms with Crippen molar-refractivity contribution in [3.63, 3.8) is 0 Å². The molecule has 1 aliphatic heterocycles. The number of carboxylic acid groups (broad SMARTS) is 1. The number of aliphatic carboxylic acids is 1. The Morgan fingerprint density at radius 2 is 1.83 bits per heavy atom. The zero-order valence-corrected chi connectivity index (χ0v) is 12.7. The van der Waals surface area contributed by atoms with Gasteiger partial charge in [-0.25, -0.2) is 4.79 Å². The van der Waals surface area contributed by atoms with E-state index in [0.717, 1.165) is 18.5 Å². The molecular weight excluding hydrogens is 292 g/mol. The first-order chi connectivity index (χ1) is 11.1. The summed E-state index contributed by atoms with van der Waals surface area (Å²) in [5.74, 6) is -0.869. The van der Waals surface area contributed by atoms with Crippen LogP contribution in [0, 0.1) is 0 Å². The van der Waals surface area contributed by atoms with E-state index in [1.807, 2.05) is 18.2 Å². The standard InChI is InChI=1S/C18H18N2O3/c21-17(22)12-13-7-9-15(10-8-13)19-18(23)20-11-3-5-14-4-1-2-6-16(14)20/h1-2,4,6-10H,3,5,11-12H2,(H,19,23)(H,21,22). The molecular formula is C18H18N2O3. The van der Waals surface area contributed by atoms with Crippen LogP contribution in [-0.4, -0.2) is 23.7 Å². The van der Waals surface area contributed by atoms with Crippen LogP contribution >= 0.6 is 0 Å². The molecule has 0 aromatic heterocycles. The Labute approximate surface area is 134 Å². The topological polar surface area (TPSA) is 69.6 Å². The molecule has 0 radical (unpaired) electrons. The summed E-state index contributed by atoms with van der Waals surface area (Å²) < 4.78 is 0. The number of hydrogen-bond donors (Lipinski definition) is 2. The molecule has 0 atom stereocenters. The predicted molar refractivity (Wildman–Crippen MR) is 88.9 cm³/mol. The number of rotatable bonds is 3. The number of carbonyl (C=O) groups excluding carboxylic acids is 1. The third-order valence-corrected chi connectivity index (χ3v) is 3.92. The van der Waals surface area contributed by atoms with Gasteiger partial charge < -0.3 is 10.4 Å². The summed E-state index contributed by atoms with van der Waals surface area (Å²) in [5, 5.41) is 11.6. The third-order valence-electron chi connectivity index (χ3n) is 3.92. The average molecular weight is 310 g/mol. The van der Waals surface area contributed by atoms with E-state index in [9.17, 15) is 9.59 Å². The van der Waals surface area contributed by atoms with Crippen LogP contribution in [0.5, 0.6) is 0 Å². The highest BCUT2D eigenvalue weighted by Crippen LogP contribution is 2.27. The first kappa shape index (κ1) is 15.1. The van der Waals surface area contributed by atoms with Gasteiger partial charge in [0.05, 0.1) is 6.42 Å². The summed E-state index contributed by atoms with van der Waals surface area (Å²) in [4.78, 5) is 24.9. The number of aryl methyl sites for hydroxylation is 1. The maximum atomic E-state index is 12.5. The van der Waals surface area contributed by atoms with E-state index in [1.54, 1.807) is 29.2 Å². The molecule has 2 aromatic carbocycles. The number of carboxylic acids is 1. The Morgan fingerprint density at radius 3 is 2.57 bits per heavy atom. The molecule has 0 saturated heterocycles. The van der Waals surface area contributed by atoms with Crippen LogP contribution < -0.4 is 10.2 Å². The van der Waals surface area contributed by atoms with E-state index in [2.05, 4.69) is 11.4 Å². The van der Waals surface area contributed by atoms with Crippen molar-refractivity contribution in [3.8, 4) is 0 Å². The fourth-order valence-corrected chi connectivity index (χ4v) is 2.82. The van der Waals surface area contributed by atoms with Crippen molar-refractivity contribution in [1.82, 2.24) is 0 Å². The second-order valence-corrected chi connectivity index (χ2v) is 5.58. The molecule has 0 aliphatic carbocycles. The van der Waals surface area contributed by atoms with E-state index in [0.29, 0.717) is 17.8 Å². The van der Waals surface area contributed by atoms with Crippen molar-refractivity contribution < 1.29 is 14.7 Å². The largest absolute Gasteiger partial charge is 0.481 e. The average Bonchev–Trinajstić information content (AvgIpc) is 2.55. The van der Waals surface area contributed by atoms with Gasteiger partial charge in [0.15, 0.2) is 0 Å². The van der Waals surface area contributed by atoms with Crippen LogP contribution in [0.2, 0.25) is 0 Å². The lowest BCUT2D eigenvalue weighted by molar-refractivity contribution is -0.136. The molecule has 0 bridgehead atoms. The number of carbonyl (C=O) groups is 2. The van der Waals surface area contributed by atoms with Gasteiger partial charge in [0.2, 0.25) is 0 Å². The number of nitrogens with one attached hydrogen (secondary N) is 1. The Kier molecular flexibility index (Phi) is 4.28. The lowest BCUT2D eigenvalue weighted by Gasteiger charge is -2.29. The van der Waals surface area contributed by atoms with Gasteiger partial charge in [0.25, 0.3) is 0 Å². The maximum absolute atomic E-state index is 12.5. The molecule has 1 heterocycles. The van der Waals surface area contributed by atoms with Crippen LogP contribution in [-0.2, 0) is 17.6 Å². The molecule has 0 saturated carbocycles. The fraction of sp³-hybridized carbons (Fsp3) is 0.222. The summed E-state index contributed by atoms with van der Waals surface area (Å²) in [5.41, 5.74) is 3.51. The van der Waals surface area contributed by atoms with Crippen molar-refractivity contribution >= 4 is 23.4 Å². The maximum Gasteiger partial charge on any atom is 0.326 e. The number of fused-ring (bicyclic) bond motifs is 1. The summed E-state index contributed by atoms with van der Waals surface area (Å²) in [6.45, 7) is 0.694. The molecule has 5 nitrogen and oxygen atoms in total. The van der Waals surface area contributed by atoms with Gasteiger partial charge in [-0.1, -0.05) is 30.3 Å². The number of anilines is 2. The van der Waals surface area contributed by atoms with Gasteiger partial charge in [0, 0.05) is 17.9 Å². The van der Waals surface area contributed by atoms with Gasteiger partial charge in [-0.2, -0.15) is 0 Å². The Bertz CT molecular complexity index is 725. The number of benzene rings is 2. The number of nitrogens with zero attached hydrogens (tertiary/aromatic N) is 1. The van der Waals surface area contributed by atoms with Crippen molar-refractivity contribution in [2.45, 2.75) is 19.3 Å². The van der Waals surface area contributed by atoms with E-state index in [4.69, 9.17) is 5.11 Å². The van der Waals surface area contributed by atoms with Crippen molar-refractivity contribution in [2.75, 3.05) is 16.8 Å². The summed E-state index contributed by atoms with van der Waals surface area (Å²) in [7, 11) is 0. The highest BCUT2D eigenvalue weighted by molar-refractivity contribution is 6.02. The van der Waals surface area contributed by atoms with E-state index in [-0.39, 0.29) is 12.5 Å². The molecule has 0 fully saturated rings. The molecule has 23 heavy (non-hydrogen) atoms. The Morgan fingerprint density at radius 1 is 1.09 bits per heavy atom. The highest BCUT2D eigenvalue weighted by atomic mass is 16.4. The first-order valence-electron chi connectivity index (χ1n) is 7.60. The normalized spacial score (nSPS) is 13.3. The lowest BCUT2D eigenvalue weighted by Crippen LogP contribution is -2.38. The molecule has 0 unspecified atom stereocenters. The van der Waals surface area contributed by atoms with Crippen molar-refractivity contribution in [1.29, 1.82) is 0 Å². The number of urea groups is 1. The highest BCUT2D eigenvalue weighted by Gasteiger charge is 2.22. The summed E-state index contributed by atoms with van der Waals surface area (Å²) in [6.07, 6.45) is 1.92. The van der Waals surface area contributed by atoms with Crippen molar-refractivity contribution in [2.24, 2.45) is 0 Å². The zero-order chi connectivity index (χ0) is 16.2. The van der Waals surface area contributed by atoms with Gasteiger partial charge in [-0.3, -0.25) is 9.69 Å². The van der Waals surface area contributed by atoms with Gasteiger partial charge in [-0.15, -0.1) is 0 Å². The van der Waals surface area contributed by atoms with Gasteiger partial charge in [0.1, 0.15) is 0 Å². The Hall–Kier alpha value is -2.82. The smallest absolute Gasteiger partial charge is 0.326 e. The second-order valence-electron chi connectivity index (χ2n) is 5.58. The number of para-hydroxylation sites is 1. The fourth-order valence-electron chi connectivity index (χ4n) is 2.82. The summed E-state index contributed by atoms with van der Waals surface area (Å²) >= 11 is 0. The zero-order valence-electron chi connectivity index (χ0n) is 12.7. The van der Waals surface area contributed by atoms with Gasteiger partial charge >= 0.3 is 12.0 Å². The quantitative estimate of drug-likeness (QED) is 0.914. The number of hydrogen-bond acceptors (Lipinski definition) is 2. The van der Waals surface area contributed by atoms with Crippen LogP contribution in [0.1, 0.15) is 17.5 Å². The molecule has 2 amide bonds. The van der Waals surface area contributed by atoms with E-state index >= 15 is 0 Å². The molecule has 2 N–H and O–H groups in total. The predicted octanol–water partition coefficient (Wildman–Crippen LogP) is 3.30. The Balaban J connectivity index is 1.71. The molecule has 2 aromatic rings. The first-order valence-corrected chi connectivity index (χ1v) is 7.60. The number of amides is 2. The molecule has 0 spiro atoms. The molecule has 1 aliphatic rings. The second kappa shape index (κ2) is 6.52. The lowest BCUT2D eigenvalue weighted by atomic mass is 10.0.